The second kappa shape index (κ2) is 6.15. The molecular formula is C15H16FNO2S. The highest BCUT2D eigenvalue weighted by molar-refractivity contribution is 7.09. The molecule has 2 aromatic rings. The van der Waals surface area contributed by atoms with E-state index in [0.29, 0.717) is 18.4 Å². The molecule has 0 saturated heterocycles. The van der Waals surface area contributed by atoms with E-state index in [-0.39, 0.29) is 6.54 Å². The molecule has 3 nitrogen and oxygen atoms in total. The monoisotopic (exact) mass is 293 g/mol. The molecule has 0 saturated carbocycles. The molecule has 0 amide bonds. The number of hydrogen-bond donors (Lipinski definition) is 2. The van der Waals surface area contributed by atoms with Crippen molar-refractivity contribution >= 4 is 17.3 Å². The maximum absolute atomic E-state index is 13.4. The summed E-state index contributed by atoms with van der Waals surface area (Å²) in [5, 5.41) is 11.5. The highest BCUT2D eigenvalue weighted by atomic mass is 32.1. The van der Waals surface area contributed by atoms with E-state index >= 15 is 0 Å². The Kier molecular flexibility index (Phi) is 4.52. The second-order valence-electron chi connectivity index (χ2n) is 4.68. The van der Waals surface area contributed by atoms with Gasteiger partial charge in [-0.1, -0.05) is 18.2 Å². The van der Waals surface area contributed by atoms with Crippen LogP contribution in [-0.4, -0.2) is 17.6 Å². The lowest BCUT2D eigenvalue weighted by atomic mass is 9.76. The molecule has 1 heterocycles. The van der Waals surface area contributed by atoms with Gasteiger partial charge >= 0.3 is 5.97 Å². The van der Waals surface area contributed by atoms with Crippen LogP contribution >= 0.6 is 11.3 Å². The molecule has 106 valence electrons. The number of carboxylic acids is 1. The molecule has 0 spiro atoms. The minimum absolute atomic E-state index is 0.0584. The lowest BCUT2D eigenvalue weighted by molar-refractivity contribution is -0.143. The molecular weight excluding hydrogens is 277 g/mol. The van der Waals surface area contributed by atoms with Gasteiger partial charge in [0.15, 0.2) is 0 Å². The molecule has 20 heavy (non-hydrogen) atoms. The van der Waals surface area contributed by atoms with Gasteiger partial charge in [0.05, 0.1) is 0 Å². The Balaban J connectivity index is 2.32. The second-order valence-corrected chi connectivity index (χ2v) is 5.71. The van der Waals surface area contributed by atoms with Gasteiger partial charge in [-0.15, -0.1) is 11.3 Å². The Morgan fingerprint density at radius 2 is 2.15 bits per heavy atom. The standard InChI is InChI=1S/C15H16FNO2S/c16-12-4-1-3-11(9-12)15(10-17,14(18)19)7-6-13-5-2-8-20-13/h1-5,8-9H,6-7,10,17H2,(H,18,19). The first kappa shape index (κ1) is 14.7. The zero-order chi connectivity index (χ0) is 14.6. The van der Waals surface area contributed by atoms with E-state index in [1.165, 1.54) is 18.2 Å². The molecule has 0 radical (unpaired) electrons. The third-order valence-electron chi connectivity index (χ3n) is 3.51. The molecule has 0 fully saturated rings. The molecule has 5 heteroatoms. The molecule has 3 N–H and O–H groups in total. The summed E-state index contributed by atoms with van der Waals surface area (Å²) < 4.78 is 13.4. The van der Waals surface area contributed by atoms with E-state index in [9.17, 15) is 14.3 Å². The van der Waals surface area contributed by atoms with Gasteiger partial charge in [-0.2, -0.15) is 0 Å². The fraction of sp³-hybridized carbons (Fsp3) is 0.267. The van der Waals surface area contributed by atoms with Gasteiger partial charge in [0.2, 0.25) is 0 Å². The Labute approximate surface area is 120 Å². The van der Waals surface area contributed by atoms with Crippen LogP contribution in [0.2, 0.25) is 0 Å². The molecule has 0 aliphatic heterocycles. The quantitative estimate of drug-likeness (QED) is 0.861. The fourth-order valence-corrected chi connectivity index (χ4v) is 2.97. The lowest BCUT2D eigenvalue weighted by Gasteiger charge is -2.28. The van der Waals surface area contributed by atoms with Crippen molar-refractivity contribution in [3.63, 3.8) is 0 Å². The van der Waals surface area contributed by atoms with Crippen molar-refractivity contribution in [1.29, 1.82) is 0 Å². The van der Waals surface area contributed by atoms with E-state index in [0.717, 1.165) is 4.88 Å². The maximum atomic E-state index is 13.4. The Bertz CT molecular complexity index is 585. The number of rotatable bonds is 6. The number of nitrogens with two attached hydrogens (primary N) is 1. The van der Waals surface area contributed by atoms with Crippen LogP contribution in [0.3, 0.4) is 0 Å². The predicted molar refractivity (Wildman–Crippen MR) is 77.4 cm³/mol. The maximum Gasteiger partial charge on any atom is 0.315 e. The van der Waals surface area contributed by atoms with E-state index in [1.54, 1.807) is 17.4 Å². The first-order valence-corrected chi connectivity index (χ1v) is 7.18. The third kappa shape index (κ3) is 2.89. The van der Waals surface area contributed by atoms with Crippen molar-refractivity contribution in [2.75, 3.05) is 6.54 Å². The molecule has 2 rings (SSSR count). The Hall–Kier alpha value is -1.72. The number of carbonyl (C=O) groups is 1. The summed E-state index contributed by atoms with van der Waals surface area (Å²) in [5.41, 5.74) is 4.91. The van der Waals surface area contributed by atoms with Crippen molar-refractivity contribution in [3.8, 4) is 0 Å². The van der Waals surface area contributed by atoms with Crippen LogP contribution in [0.25, 0.3) is 0 Å². The van der Waals surface area contributed by atoms with Crippen LogP contribution in [0.1, 0.15) is 16.9 Å². The van der Waals surface area contributed by atoms with Crippen molar-refractivity contribution in [2.45, 2.75) is 18.3 Å². The normalized spacial score (nSPS) is 13.9. The number of aryl methyl sites for hydroxylation is 1. The van der Waals surface area contributed by atoms with E-state index < -0.39 is 17.2 Å². The summed E-state index contributed by atoms with van der Waals surface area (Å²) in [5.74, 6) is -1.46. The molecule has 1 aromatic carbocycles. The molecule has 0 bridgehead atoms. The minimum atomic E-state index is -1.24. The summed E-state index contributed by atoms with van der Waals surface area (Å²) in [6.07, 6.45) is 0.959. The average Bonchev–Trinajstić information content (AvgIpc) is 2.93. The van der Waals surface area contributed by atoms with Crippen molar-refractivity contribution in [1.82, 2.24) is 0 Å². The zero-order valence-electron chi connectivity index (χ0n) is 10.9. The highest BCUT2D eigenvalue weighted by Gasteiger charge is 2.39. The van der Waals surface area contributed by atoms with Crippen LogP contribution < -0.4 is 5.73 Å². The molecule has 0 aliphatic carbocycles. The lowest BCUT2D eigenvalue weighted by Crippen LogP contribution is -2.43. The van der Waals surface area contributed by atoms with Gasteiger partial charge < -0.3 is 10.8 Å². The smallest absolute Gasteiger partial charge is 0.315 e. The van der Waals surface area contributed by atoms with E-state index in [4.69, 9.17) is 5.73 Å². The number of benzene rings is 1. The number of halogens is 1. The molecule has 1 aromatic heterocycles. The number of hydrogen-bond acceptors (Lipinski definition) is 3. The summed E-state index contributed by atoms with van der Waals surface area (Å²) in [6.45, 7) is -0.0584. The first-order valence-electron chi connectivity index (χ1n) is 6.30. The third-order valence-corrected chi connectivity index (χ3v) is 4.45. The minimum Gasteiger partial charge on any atom is -0.481 e. The number of thiophene rings is 1. The summed E-state index contributed by atoms with van der Waals surface area (Å²) in [4.78, 5) is 12.8. The molecule has 1 atom stereocenters. The Morgan fingerprint density at radius 3 is 2.70 bits per heavy atom. The number of carboxylic acid groups (broad SMARTS) is 1. The average molecular weight is 293 g/mol. The van der Waals surface area contributed by atoms with Crippen LogP contribution in [0.5, 0.6) is 0 Å². The van der Waals surface area contributed by atoms with Gasteiger partial charge in [0.25, 0.3) is 0 Å². The van der Waals surface area contributed by atoms with Gasteiger partial charge in [-0.25, -0.2) is 4.39 Å². The fourth-order valence-electron chi connectivity index (χ4n) is 2.26. The van der Waals surface area contributed by atoms with Crippen LogP contribution in [-0.2, 0) is 16.6 Å². The molecule has 1 unspecified atom stereocenters. The van der Waals surface area contributed by atoms with E-state index in [1.807, 2.05) is 17.5 Å². The van der Waals surface area contributed by atoms with Gasteiger partial charge in [0.1, 0.15) is 11.2 Å². The van der Waals surface area contributed by atoms with Gasteiger partial charge in [-0.3, -0.25) is 4.79 Å². The van der Waals surface area contributed by atoms with E-state index in [2.05, 4.69) is 0 Å². The Morgan fingerprint density at radius 1 is 1.35 bits per heavy atom. The summed E-state index contributed by atoms with van der Waals surface area (Å²) in [7, 11) is 0. The van der Waals surface area contributed by atoms with Crippen LogP contribution in [0, 0.1) is 5.82 Å². The largest absolute Gasteiger partial charge is 0.481 e. The zero-order valence-corrected chi connectivity index (χ0v) is 11.7. The highest BCUT2D eigenvalue weighted by Crippen LogP contribution is 2.30. The SMILES string of the molecule is NCC(CCc1cccs1)(C(=O)O)c1cccc(F)c1. The van der Waals surface area contributed by atoms with Gasteiger partial charge in [0, 0.05) is 11.4 Å². The first-order chi connectivity index (χ1) is 9.58. The molecule has 0 aliphatic rings. The van der Waals surface area contributed by atoms with Crippen LogP contribution in [0.4, 0.5) is 4.39 Å². The summed E-state index contributed by atoms with van der Waals surface area (Å²) in [6, 6.07) is 9.58. The summed E-state index contributed by atoms with van der Waals surface area (Å²) >= 11 is 1.58. The topological polar surface area (TPSA) is 63.3 Å². The van der Waals surface area contributed by atoms with Crippen molar-refractivity contribution in [3.05, 3.63) is 58.0 Å². The van der Waals surface area contributed by atoms with Crippen molar-refractivity contribution < 1.29 is 14.3 Å². The van der Waals surface area contributed by atoms with Crippen LogP contribution in [0.15, 0.2) is 41.8 Å². The van der Waals surface area contributed by atoms with Gasteiger partial charge in [-0.05, 0) is 42.0 Å². The van der Waals surface area contributed by atoms with Crippen molar-refractivity contribution in [2.24, 2.45) is 5.73 Å². The predicted octanol–water partition coefficient (Wildman–Crippen LogP) is 2.80. The number of aliphatic carboxylic acids is 1.